The van der Waals surface area contributed by atoms with Gasteiger partial charge in [-0.3, -0.25) is 15.2 Å². The number of non-ortho nitro benzene ring substituents is 1. The zero-order valence-corrected chi connectivity index (χ0v) is 11.0. The monoisotopic (exact) mass is 285 g/mol. The van der Waals surface area contributed by atoms with Crippen LogP contribution in [0.25, 0.3) is 10.9 Å². The van der Waals surface area contributed by atoms with Crippen molar-refractivity contribution in [1.29, 1.82) is 0 Å². The van der Waals surface area contributed by atoms with Gasteiger partial charge in [-0.05, 0) is 13.0 Å². The first-order chi connectivity index (χ1) is 10.1. The van der Waals surface area contributed by atoms with E-state index in [0.717, 1.165) is 0 Å². The Bertz CT molecular complexity index is 787. The summed E-state index contributed by atoms with van der Waals surface area (Å²) in [5.74, 6) is 1.15. The summed E-state index contributed by atoms with van der Waals surface area (Å²) in [6.07, 6.45) is 2.82. The molecule has 106 valence electrons. The molecule has 3 aromatic rings. The number of aromatic nitrogens is 5. The quantitative estimate of drug-likeness (QED) is 0.553. The Labute approximate surface area is 118 Å². The van der Waals surface area contributed by atoms with Crippen molar-refractivity contribution in [2.45, 2.75) is 13.0 Å². The SMILES string of the molecule is CC(Nc1ncnc2ccc([N+](=O)[O-])cc12)c1ncn[nH]1. The lowest BCUT2D eigenvalue weighted by molar-refractivity contribution is -0.384. The average Bonchev–Trinajstić information content (AvgIpc) is 3.01. The molecular weight excluding hydrogens is 274 g/mol. The first-order valence-electron chi connectivity index (χ1n) is 6.16. The zero-order valence-electron chi connectivity index (χ0n) is 11.0. The number of nitrogens with one attached hydrogen (secondary N) is 2. The summed E-state index contributed by atoms with van der Waals surface area (Å²) in [5, 5.41) is 21.2. The molecule has 2 aromatic heterocycles. The molecule has 2 heterocycles. The molecule has 0 aliphatic heterocycles. The molecule has 21 heavy (non-hydrogen) atoms. The lowest BCUT2D eigenvalue weighted by atomic mass is 10.2. The molecular formula is C12H11N7O2. The second kappa shape index (κ2) is 5.12. The average molecular weight is 285 g/mol. The Morgan fingerprint density at radius 3 is 2.86 bits per heavy atom. The number of H-pyrrole nitrogens is 1. The molecule has 1 aromatic carbocycles. The van der Waals surface area contributed by atoms with Crippen molar-refractivity contribution in [3.63, 3.8) is 0 Å². The number of hydrogen-bond acceptors (Lipinski definition) is 7. The summed E-state index contributed by atoms with van der Waals surface area (Å²) in [4.78, 5) is 22.7. The molecule has 0 fully saturated rings. The number of nitro groups is 1. The molecule has 0 bridgehead atoms. The van der Waals surface area contributed by atoms with Crippen molar-refractivity contribution in [3.05, 3.63) is 46.8 Å². The van der Waals surface area contributed by atoms with Gasteiger partial charge in [0.1, 0.15) is 24.3 Å². The van der Waals surface area contributed by atoms with E-state index in [9.17, 15) is 10.1 Å². The van der Waals surface area contributed by atoms with Gasteiger partial charge in [0.2, 0.25) is 0 Å². The van der Waals surface area contributed by atoms with Gasteiger partial charge in [0.25, 0.3) is 5.69 Å². The van der Waals surface area contributed by atoms with Crippen LogP contribution >= 0.6 is 0 Å². The van der Waals surface area contributed by atoms with Gasteiger partial charge in [0.05, 0.1) is 16.5 Å². The van der Waals surface area contributed by atoms with Crippen molar-refractivity contribution in [2.24, 2.45) is 0 Å². The molecule has 0 radical (unpaired) electrons. The fraction of sp³-hybridized carbons (Fsp3) is 0.167. The maximum absolute atomic E-state index is 10.9. The minimum absolute atomic E-state index is 0.00679. The number of nitrogens with zero attached hydrogens (tertiary/aromatic N) is 5. The van der Waals surface area contributed by atoms with Gasteiger partial charge in [-0.15, -0.1) is 0 Å². The normalized spacial score (nSPS) is 12.2. The van der Waals surface area contributed by atoms with E-state index < -0.39 is 4.92 Å². The van der Waals surface area contributed by atoms with Gasteiger partial charge < -0.3 is 5.32 Å². The van der Waals surface area contributed by atoms with E-state index in [0.29, 0.717) is 22.5 Å². The maximum atomic E-state index is 10.9. The van der Waals surface area contributed by atoms with Crippen LogP contribution in [-0.2, 0) is 0 Å². The number of aromatic amines is 1. The van der Waals surface area contributed by atoms with Gasteiger partial charge in [-0.1, -0.05) is 0 Å². The molecule has 0 aliphatic carbocycles. The molecule has 0 amide bonds. The summed E-state index contributed by atoms with van der Waals surface area (Å²) in [6.45, 7) is 1.88. The fourth-order valence-electron chi connectivity index (χ4n) is 1.97. The molecule has 3 rings (SSSR count). The second-order valence-corrected chi connectivity index (χ2v) is 4.42. The minimum Gasteiger partial charge on any atom is -0.360 e. The predicted octanol–water partition coefficient (Wildman–Crippen LogP) is 1.83. The molecule has 1 atom stereocenters. The third-order valence-electron chi connectivity index (χ3n) is 3.03. The summed E-state index contributed by atoms with van der Waals surface area (Å²) in [7, 11) is 0. The van der Waals surface area contributed by atoms with Crippen molar-refractivity contribution in [3.8, 4) is 0 Å². The fourth-order valence-corrected chi connectivity index (χ4v) is 1.97. The van der Waals surface area contributed by atoms with Crippen LogP contribution in [0.2, 0.25) is 0 Å². The molecule has 2 N–H and O–H groups in total. The summed E-state index contributed by atoms with van der Waals surface area (Å²) in [6, 6.07) is 4.29. The van der Waals surface area contributed by atoms with E-state index in [1.165, 1.54) is 24.8 Å². The smallest absolute Gasteiger partial charge is 0.270 e. The van der Waals surface area contributed by atoms with Crippen molar-refractivity contribution < 1.29 is 4.92 Å². The predicted molar refractivity (Wildman–Crippen MR) is 74.6 cm³/mol. The highest BCUT2D eigenvalue weighted by atomic mass is 16.6. The highest BCUT2D eigenvalue weighted by molar-refractivity contribution is 5.90. The van der Waals surface area contributed by atoms with Crippen LogP contribution in [0.1, 0.15) is 18.8 Å². The van der Waals surface area contributed by atoms with Gasteiger partial charge >= 0.3 is 0 Å². The van der Waals surface area contributed by atoms with Crippen LogP contribution in [-0.4, -0.2) is 30.1 Å². The number of rotatable bonds is 4. The Kier molecular flexibility index (Phi) is 3.14. The van der Waals surface area contributed by atoms with Crippen LogP contribution < -0.4 is 5.32 Å². The summed E-state index contributed by atoms with van der Waals surface area (Å²) < 4.78 is 0. The number of benzene rings is 1. The highest BCUT2D eigenvalue weighted by Gasteiger charge is 2.14. The topological polar surface area (TPSA) is 123 Å². The van der Waals surface area contributed by atoms with Gasteiger partial charge in [-0.25, -0.2) is 15.0 Å². The first-order valence-corrected chi connectivity index (χ1v) is 6.16. The molecule has 9 nitrogen and oxygen atoms in total. The van der Waals surface area contributed by atoms with Gasteiger partial charge in [-0.2, -0.15) is 5.10 Å². The van der Waals surface area contributed by atoms with E-state index in [2.05, 4.69) is 30.5 Å². The standard InChI is InChI=1S/C12H11N7O2/c1-7(11-15-6-16-18-11)17-12-9-4-8(19(20)21)2-3-10(9)13-5-14-12/h2-7H,1H3,(H,13,14,17)(H,15,16,18). The van der Waals surface area contributed by atoms with Crippen LogP contribution in [0, 0.1) is 10.1 Å². The van der Waals surface area contributed by atoms with E-state index in [1.807, 2.05) is 6.92 Å². The minimum atomic E-state index is -0.448. The molecule has 0 saturated heterocycles. The van der Waals surface area contributed by atoms with Crippen LogP contribution in [0.15, 0.2) is 30.9 Å². The van der Waals surface area contributed by atoms with Gasteiger partial charge in [0, 0.05) is 17.5 Å². The maximum Gasteiger partial charge on any atom is 0.270 e. The van der Waals surface area contributed by atoms with Crippen LogP contribution in [0.5, 0.6) is 0 Å². The number of fused-ring (bicyclic) bond motifs is 1. The lowest BCUT2D eigenvalue weighted by Gasteiger charge is -2.13. The number of anilines is 1. The third kappa shape index (κ3) is 2.48. The molecule has 0 saturated carbocycles. The van der Waals surface area contributed by atoms with Crippen LogP contribution in [0.4, 0.5) is 11.5 Å². The third-order valence-corrected chi connectivity index (χ3v) is 3.03. The van der Waals surface area contributed by atoms with Gasteiger partial charge in [0.15, 0.2) is 0 Å². The second-order valence-electron chi connectivity index (χ2n) is 4.42. The number of hydrogen-bond donors (Lipinski definition) is 2. The molecule has 9 heteroatoms. The lowest BCUT2D eigenvalue weighted by Crippen LogP contribution is -2.10. The largest absolute Gasteiger partial charge is 0.360 e. The Balaban J connectivity index is 2.01. The number of nitro benzene ring substituents is 1. The molecule has 0 spiro atoms. The highest BCUT2D eigenvalue weighted by Crippen LogP contribution is 2.26. The molecule has 0 aliphatic rings. The van der Waals surface area contributed by atoms with Crippen molar-refractivity contribution in [1.82, 2.24) is 25.1 Å². The molecule has 1 unspecified atom stereocenters. The summed E-state index contributed by atoms with van der Waals surface area (Å²) in [5.41, 5.74) is 0.621. The zero-order chi connectivity index (χ0) is 14.8. The van der Waals surface area contributed by atoms with E-state index in [-0.39, 0.29) is 11.7 Å². The Morgan fingerprint density at radius 1 is 1.29 bits per heavy atom. The Morgan fingerprint density at radius 2 is 2.14 bits per heavy atom. The Hall–Kier alpha value is -3.10. The van der Waals surface area contributed by atoms with Crippen LogP contribution in [0.3, 0.4) is 0 Å². The van der Waals surface area contributed by atoms with E-state index in [4.69, 9.17) is 0 Å². The summed E-state index contributed by atoms with van der Waals surface area (Å²) >= 11 is 0. The van der Waals surface area contributed by atoms with Crippen molar-refractivity contribution in [2.75, 3.05) is 5.32 Å². The van der Waals surface area contributed by atoms with Crippen molar-refractivity contribution >= 4 is 22.4 Å². The first kappa shape index (κ1) is 12.9. The van der Waals surface area contributed by atoms with E-state index >= 15 is 0 Å². The van der Waals surface area contributed by atoms with E-state index in [1.54, 1.807) is 6.07 Å².